The molecule has 0 unspecified atom stereocenters. The Morgan fingerprint density at radius 1 is 1.08 bits per heavy atom. The molecule has 0 fully saturated rings. The van der Waals surface area contributed by atoms with E-state index >= 15 is 0 Å². The Bertz CT molecular complexity index is 379. The molecule has 0 spiro atoms. The fraction of sp³-hybridized carbons (Fsp3) is 0.100. The molecule has 0 bridgehead atoms. The van der Waals surface area contributed by atoms with Crippen LogP contribution in [0, 0.1) is 6.92 Å². The number of hydrogen-bond acceptors (Lipinski definition) is 1. The summed E-state index contributed by atoms with van der Waals surface area (Å²) >= 11 is 0. The van der Waals surface area contributed by atoms with Gasteiger partial charge in [0.25, 0.3) is 0 Å². The number of aromatic nitrogens is 1. The van der Waals surface area contributed by atoms with E-state index in [9.17, 15) is 0 Å². The Labute approximate surface area is 82.2 Å². The van der Waals surface area contributed by atoms with Gasteiger partial charge in [-0.05, 0) is 18.6 Å². The number of benzene rings is 1. The Kier molecular flexibility index (Phi) is 2.82. The van der Waals surface area contributed by atoms with Gasteiger partial charge in [-0.2, -0.15) is 0 Å². The summed E-state index contributed by atoms with van der Waals surface area (Å²) in [6, 6.07) is 10.3. The molecule has 1 heterocycles. The molecule has 0 N–H and O–H groups in total. The van der Waals surface area contributed by atoms with Gasteiger partial charge >= 0.3 is 0 Å². The molecule has 2 rings (SSSR count). The van der Waals surface area contributed by atoms with Crippen LogP contribution in [0.4, 0.5) is 0 Å². The van der Waals surface area contributed by atoms with Crippen LogP contribution in [0.5, 0.6) is 0 Å². The van der Waals surface area contributed by atoms with Crippen molar-refractivity contribution in [2.24, 2.45) is 0 Å². The van der Waals surface area contributed by atoms with Crippen LogP contribution in [0.3, 0.4) is 0 Å². The molecule has 2 aromatic rings. The molecule has 2 heteroatoms. The second kappa shape index (κ2) is 3.68. The summed E-state index contributed by atoms with van der Waals surface area (Å²) in [7, 11) is 0. The van der Waals surface area contributed by atoms with Gasteiger partial charge < -0.3 is 0 Å². The summed E-state index contributed by atoms with van der Waals surface area (Å²) in [5, 5.41) is 1.22. The maximum atomic E-state index is 4.28. The maximum Gasteiger partial charge on any atom is 0.0731 e. The fourth-order valence-electron chi connectivity index (χ4n) is 1.26. The Morgan fingerprint density at radius 2 is 1.83 bits per heavy atom. The van der Waals surface area contributed by atoms with Crippen LogP contribution in [0.2, 0.25) is 0 Å². The molecule has 12 heavy (non-hydrogen) atoms. The fourth-order valence-corrected chi connectivity index (χ4v) is 1.26. The largest absolute Gasteiger partial charge is 0.256 e. The first-order valence-corrected chi connectivity index (χ1v) is 3.68. The number of rotatable bonds is 0. The second-order valence-corrected chi connectivity index (χ2v) is 2.65. The second-order valence-electron chi connectivity index (χ2n) is 2.65. The summed E-state index contributed by atoms with van der Waals surface area (Å²) in [5.41, 5.74) is 2.35. The van der Waals surface area contributed by atoms with Crippen molar-refractivity contribution in [3.63, 3.8) is 0 Å². The van der Waals surface area contributed by atoms with Gasteiger partial charge in [0.15, 0.2) is 0 Å². The third-order valence-electron chi connectivity index (χ3n) is 1.83. The van der Waals surface area contributed by atoms with Crippen molar-refractivity contribution in [3.8, 4) is 0 Å². The quantitative estimate of drug-likeness (QED) is 0.667. The Hall–Kier alpha value is -0.890. The van der Waals surface area contributed by atoms with Crippen molar-refractivity contribution < 1.29 is 0 Å². The normalized spacial score (nSPS) is 9.42. The SMILES string of the molecule is Cc1cccc2cccnc12.[Br]. The molecule has 0 amide bonds. The lowest BCUT2D eigenvalue weighted by Crippen LogP contribution is -1.80. The minimum atomic E-state index is 0. The molecule has 1 nitrogen and oxygen atoms in total. The van der Waals surface area contributed by atoms with E-state index in [1.807, 2.05) is 12.3 Å². The number of hydrogen-bond donors (Lipinski definition) is 0. The van der Waals surface area contributed by atoms with Crippen molar-refractivity contribution in [3.05, 3.63) is 42.1 Å². The van der Waals surface area contributed by atoms with E-state index in [1.165, 1.54) is 10.9 Å². The van der Waals surface area contributed by atoms with E-state index in [-0.39, 0.29) is 17.0 Å². The maximum absolute atomic E-state index is 4.28. The molecular weight excluding hydrogens is 214 g/mol. The third-order valence-corrected chi connectivity index (χ3v) is 1.83. The number of aryl methyl sites for hydroxylation is 1. The summed E-state index contributed by atoms with van der Waals surface area (Å²) < 4.78 is 0. The highest BCUT2D eigenvalue weighted by Crippen LogP contribution is 2.13. The van der Waals surface area contributed by atoms with Crippen LogP contribution < -0.4 is 0 Å². The van der Waals surface area contributed by atoms with Crippen LogP contribution in [0.15, 0.2) is 36.5 Å². The molecular formula is C10H9BrN. The molecule has 0 aliphatic carbocycles. The monoisotopic (exact) mass is 222 g/mol. The number of pyridine rings is 1. The highest BCUT2D eigenvalue weighted by molar-refractivity contribution is 8.93. The molecule has 0 saturated carbocycles. The first kappa shape index (κ1) is 9.20. The van der Waals surface area contributed by atoms with Crippen LogP contribution in [-0.2, 0) is 0 Å². The van der Waals surface area contributed by atoms with E-state index in [4.69, 9.17) is 0 Å². The molecule has 1 aromatic heterocycles. The molecule has 61 valence electrons. The summed E-state index contributed by atoms with van der Waals surface area (Å²) in [6.45, 7) is 2.08. The topological polar surface area (TPSA) is 12.9 Å². The molecule has 0 aliphatic heterocycles. The van der Waals surface area contributed by atoms with Gasteiger partial charge in [-0.1, -0.05) is 24.3 Å². The van der Waals surface area contributed by atoms with Crippen molar-refractivity contribution in [2.75, 3.05) is 0 Å². The smallest absolute Gasteiger partial charge is 0.0731 e. The average molecular weight is 223 g/mol. The molecule has 0 saturated heterocycles. The van der Waals surface area contributed by atoms with Crippen molar-refractivity contribution >= 4 is 27.9 Å². The van der Waals surface area contributed by atoms with E-state index in [2.05, 4.69) is 36.2 Å². The van der Waals surface area contributed by atoms with Crippen LogP contribution >= 0.6 is 17.0 Å². The Balaban J connectivity index is 0.000000720. The van der Waals surface area contributed by atoms with Gasteiger partial charge in [0.1, 0.15) is 0 Å². The predicted octanol–water partition coefficient (Wildman–Crippen LogP) is 3.39. The predicted molar refractivity (Wildman–Crippen MR) is 55.4 cm³/mol. The van der Waals surface area contributed by atoms with Crippen molar-refractivity contribution in [1.29, 1.82) is 0 Å². The zero-order valence-corrected chi connectivity index (χ0v) is 8.38. The highest BCUT2D eigenvalue weighted by Gasteiger charge is 1.93. The van der Waals surface area contributed by atoms with Crippen molar-refractivity contribution in [1.82, 2.24) is 4.98 Å². The standard InChI is InChI=1S/C10H9N.Br/c1-8-4-2-5-9-6-3-7-11-10(8)9;/h2-7H,1H3;. The number of fused-ring (bicyclic) bond motifs is 1. The lowest BCUT2D eigenvalue weighted by molar-refractivity contribution is 1.37. The highest BCUT2D eigenvalue weighted by atomic mass is 79.9. The van der Waals surface area contributed by atoms with Gasteiger partial charge in [-0.25, -0.2) is 0 Å². The van der Waals surface area contributed by atoms with Gasteiger partial charge in [-0.3, -0.25) is 4.98 Å². The Morgan fingerprint density at radius 3 is 2.58 bits per heavy atom. The summed E-state index contributed by atoms with van der Waals surface area (Å²) in [6.07, 6.45) is 1.83. The minimum Gasteiger partial charge on any atom is -0.256 e. The van der Waals surface area contributed by atoms with Crippen LogP contribution in [-0.4, -0.2) is 4.98 Å². The van der Waals surface area contributed by atoms with E-state index in [0.717, 1.165) is 5.52 Å². The van der Waals surface area contributed by atoms with Crippen LogP contribution in [0.25, 0.3) is 10.9 Å². The zero-order valence-electron chi connectivity index (χ0n) is 6.79. The van der Waals surface area contributed by atoms with Gasteiger partial charge in [0.05, 0.1) is 5.52 Å². The average Bonchev–Trinajstić information content (AvgIpc) is 2.06. The van der Waals surface area contributed by atoms with Crippen LogP contribution in [0.1, 0.15) is 5.56 Å². The molecule has 0 atom stereocenters. The zero-order chi connectivity index (χ0) is 7.68. The minimum absolute atomic E-state index is 0. The van der Waals surface area contributed by atoms with E-state index in [1.54, 1.807) is 0 Å². The molecule has 1 radical (unpaired) electrons. The van der Waals surface area contributed by atoms with E-state index < -0.39 is 0 Å². The first-order chi connectivity index (χ1) is 5.38. The third kappa shape index (κ3) is 1.48. The van der Waals surface area contributed by atoms with Gasteiger partial charge in [0, 0.05) is 28.6 Å². The number of nitrogens with zero attached hydrogens (tertiary/aromatic N) is 1. The lowest BCUT2D eigenvalue weighted by Gasteiger charge is -1.97. The first-order valence-electron chi connectivity index (χ1n) is 3.68. The van der Waals surface area contributed by atoms with E-state index in [0.29, 0.717) is 0 Å². The lowest BCUT2D eigenvalue weighted by atomic mass is 10.1. The number of para-hydroxylation sites is 1. The molecule has 1 aromatic carbocycles. The van der Waals surface area contributed by atoms with Crippen molar-refractivity contribution in [2.45, 2.75) is 6.92 Å². The van der Waals surface area contributed by atoms with Gasteiger partial charge in [-0.15, -0.1) is 0 Å². The molecule has 0 aliphatic rings. The number of halogens is 1. The summed E-state index contributed by atoms with van der Waals surface area (Å²) in [5.74, 6) is 0. The van der Waals surface area contributed by atoms with Gasteiger partial charge in [0.2, 0.25) is 0 Å². The summed E-state index contributed by atoms with van der Waals surface area (Å²) in [4.78, 5) is 4.28.